The first kappa shape index (κ1) is 38.2. The summed E-state index contributed by atoms with van der Waals surface area (Å²) in [4.78, 5) is 59.5. The molecule has 17 heteroatoms. The van der Waals surface area contributed by atoms with E-state index in [0.717, 1.165) is 87.1 Å². The Labute approximate surface area is 325 Å². The summed E-state index contributed by atoms with van der Waals surface area (Å²) in [5.41, 5.74) is 1.74. The van der Waals surface area contributed by atoms with E-state index in [1.807, 2.05) is 36.0 Å². The van der Waals surface area contributed by atoms with E-state index in [4.69, 9.17) is 9.84 Å². The van der Waals surface area contributed by atoms with Crippen LogP contribution in [-0.4, -0.2) is 86.4 Å². The van der Waals surface area contributed by atoms with Gasteiger partial charge in [-0.05, 0) is 75.3 Å². The van der Waals surface area contributed by atoms with E-state index in [9.17, 15) is 32.3 Å². The van der Waals surface area contributed by atoms with Crippen molar-refractivity contribution in [1.82, 2.24) is 34.1 Å². The number of halogens is 3. The number of carbonyl (C=O) groups is 3. The number of carbonyl (C=O) groups excluding carboxylic acids is 3. The third-order valence-electron chi connectivity index (χ3n) is 11.6. The molecule has 3 aromatic heterocycles. The SMILES string of the molecule is CCn1c(=O)n(C2CCC(=O)NC2=O)c2cccc(N3CCN(C[C@H]4CC[C@H](n5cc6cc(NC(=O)c7cccc(C(F)(F)F)n7)c(OC)cc6n5)CC4)CC3)c21. The molecule has 8 rings (SSSR count). The minimum Gasteiger partial charge on any atom is -0.494 e. The van der Waals surface area contributed by atoms with Gasteiger partial charge in [-0.2, -0.15) is 18.3 Å². The van der Waals surface area contributed by atoms with E-state index < -0.39 is 29.7 Å². The van der Waals surface area contributed by atoms with E-state index >= 15 is 0 Å². The molecule has 0 spiro atoms. The number of alkyl halides is 3. The number of piperidine rings is 1. The number of ether oxygens (including phenoxy) is 1. The van der Waals surface area contributed by atoms with Crippen molar-refractivity contribution in [3.05, 3.63) is 76.6 Å². The summed E-state index contributed by atoms with van der Waals surface area (Å²) in [6.45, 7) is 6.76. The number of amides is 3. The van der Waals surface area contributed by atoms with Gasteiger partial charge in [-0.15, -0.1) is 0 Å². The zero-order valence-electron chi connectivity index (χ0n) is 31.7. The number of fused-ring (bicyclic) bond motifs is 2. The normalized spacial score (nSPS) is 20.9. The molecule has 0 radical (unpaired) electrons. The van der Waals surface area contributed by atoms with Crippen molar-refractivity contribution in [3.8, 4) is 5.75 Å². The predicted octanol–water partition coefficient (Wildman–Crippen LogP) is 5.38. The van der Waals surface area contributed by atoms with Crippen molar-refractivity contribution in [1.29, 1.82) is 0 Å². The van der Waals surface area contributed by atoms with Gasteiger partial charge < -0.3 is 15.0 Å². The minimum atomic E-state index is -4.67. The second kappa shape index (κ2) is 15.3. The molecule has 3 fully saturated rings. The lowest BCUT2D eigenvalue weighted by atomic mass is 9.85. The van der Waals surface area contributed by atoms with Crippen LogP contribution in [-0.2, 0) is 22.3 Å². The van der Waals surface area contributed by atoms with Crippen LogP contribution in [0.25, 0.3) is 21.9 Å². The molecule has 14 nitrogen and oxygen atoms in total. The van der Waals surface area contributed by atoms with Crippen LogP contribution in [0.4, 0.5) is 24.5 Å². The number of para-hydroxylation sites is 1. The highest BCUT2D eigenvalue weighted by molar-refractivity contribution is 6.05. The van der Waals surface area contributed by atoms with Crippen molar-refractivity contribution in [2.45, 2.75) is 70.3 Å². The van der Waals surface area contributed by atoms with Crippen LogP contribution >= 0.6 is 0 Å². The van der Waals surface area contributed by atoms with Crippen molar-refractivity contribution in [2.75, 3.05) is 50.1 Å². The van der Waals surface area contributed by atoms with Crippen LogP contribution in [0.5, 0.6) is 5.75 Å². The fourth-order valence-electron chi connectivity index (χ4n) is 8.66. The van der Waals surface area contributed by atoms with Gasteiger partial charge in [0.25, 0.3) is 5.91 Å². The van der Waals surface area contributed by atoms with Crippen molar-refractivity contribution >= 4 is 51.0 Å². The van der Waals surface area contributed by atoms with E-state index in [1.54, 1.807) is 21.3 Å². The lowest BCUT2D eigenvalue weighted by Crippen LogP contribution is -2.48. The number of nitrogens with one attached hydrogen (secondary N) is 2. The number of benzene rings is 2. The van der Waals surface area contributed by atoms with Crippen LogP contribution in [0, 0.1) is 5.92 Å². The Bertz CT molecular complexity index is 2400. The average molecular weight is 788 g/mol. The van der Waals surface area contributed by atoms with Gasteiger partial charge in [0.15, 0.2) is 0 Å². The van der Waals surface area contributed by atoms with Gasteiger partial charge in [0, 0.05) is 63.3 Å². The van der Waals surface area contributed by atoms with Gasteiger partial charge >= 0.3 is 11.9 Å². The lowest BCUT2D eigenvalue weighted by molar-refractivity contribution is -0.141. The van der Waals surface area contributed by atoms with Crippen LogP contribution < -0.4 is 26.0 Å². The highest BCUT2D eigenvalue weighted by Gasteiger charge is 2.34. The predicted molar refractivity (Wildman–Crippen MR) is 206 cm³/mol. The van der Waals surface area contributed by atoms with Crippen LogP contribution in [0.2, 0.25) is 0 Å². The topological polar surface area (TPSA) is 149 Å². The number of anilines is 2. The quantitative estimate of drug-likeness (QED) is 0.188. The molecule has 1 saturated carbocycles. The zero-order valence-corrected chi connectivity index (χ0v) is 31.7. The fourth-order valence-corrected chi connectivity index (χ4v) is 8.66. The number of rotatable bonds is 9. The summed E-state index contributed by atoms with van der Waals surface area (Å²) in [6.07, 6.45) is 1.77. The van der Waals surface area contributed by atoms with Crippen molar-refractivity contribution in [3.63, 3.8) is 0 Å². The first-order valence-corrected chi connectivity index (χ1v) is 19.4. The number of aryl methyl sites for hydroxylation is 1. The molecule has 1 atom stereocenters. The van der Waals surface area contributed by atoms with E-state index in [-0.39, 0.29) is 29.8 Å². The molecule has 3 aliphatic rings. The number of imidazole rings is 1. The maximum Gasteiger partial charge on any atom is 0.433 e. The van der Waals surface area contributed by atoms with E-state index in [2.05, 4.69) is 25.4 Å². The number of aromatic nitrogens is 5. The van der Waals surface area contributed by atoms with Crippen molar-refractivity contribution < 1.29 is 32.3 Å². The molecular formula is C40H44F3N9O5. The Hall–Kier alpha value is -5.71. The number of hydrogen-bond donors (Lipinski definition) is 2. The maximum absolute atomic E-state index is 13.6. The molecular weight excluding hydrogens is 743 g/mol. The monoisotopic (exact) mass is 787 g/mol. The highest BCUT2D eigenvalue weighted by atomic mass is 19.4. The fraction of sp³-hybridized carbons (Fsp3) is 0.450. The molecule has 3 amide bonds. The molecule has 1 aliphatic carbocycles. The standard InChI is InChI=1S/C40H44F3N9O5/c1-3-50-36-30(7-5-8-31(36)52(39(50)56)32-14-15-35(53)46-38(32)55)49-18-16-48(17-19-49)22-24-10-12-26(13-11-24)51-23-25-20-29(33(57-2)21-28(25)47-51)45-37(54)27-6-4-9-34(44-27)40(41,42)43/h4-9,20-21,23-24,26,32H,3,10-19,22H2,1-2H3,(H,45,54)(H,46,53,55)/t24-,26-,32?. The Morgan fingerprint density at radius 1 is 0.982 bits per heavy atom. The number of piperazine rings is 1. The minimum absolute atomic E-state index is 0.196. The smallest absolute Gasteiger partial charge is 0.433 e. The number of pyridine rings is 1. The molecule has 300 valence electrons. The van der Waals surface area contributed by atoms with Crippen LogP contribution in [0.3, 0.4) is 0 Å². The van der Waals surface area contributed by atoms with Gasteiger partial charge in [0.1, 0.15) is 23.2 Å². The molecule has 2 aromatic carbocycles. The zero-order chi connectivity index (χ0) is 40.0. The van der Waals surface area contributed by atoms with Crippen molar-refractivity contribution in [2.24, 2.45) is 5.92 Å². The molecule has 0 bridgehead atoms. The van der Waals surface area contributed by atoms with Crippen LogP contribution in [0.15, 0.2) is 59.5 Å². The van der Waals surface area contributed by atoms with Gasteiger partial charge in [-0.3, -0.25) is 38.4 Å². The first-order chi connectivity index (χ1) is 27.4. The summed E-state index contributed by atoms with van der Waals surface area (Å²) in [7, 11) is 1.45. The van der Waals surface area contributed by atoms with Gasteiger partial charge in [-0.1, -0.05) is 12.1 Å². The largest absolute Gasteiger partial charge is 0.494 e. The lowest BCUT2D eigenvalue weighted by Gasteiger charge is -2.39. The maximum atomic E-state index is 13.6. The molecule has 2 saturated heterocycles. The second-order valence-electron chi connectivity index (χ2n) is 15.1. The molecule has 5 heterocycles. The first-order valence-electron chi connectivity index (χ1n) is 19.4. The van der Waals surface area contributed by atoms with Gasteiger partial charge in [0.2, 0.25) is 11.8 Å². The Balaban J connectivity index is 0.885. The summed E-state index contributed by atoms with van der Waals surface area (Å²) in [5.74, 6) is -0.663. The summed E-state index contributed by atoms with van der Waals surface area (Å²) < 4.78 is 50.3. The van der Waals surface area contributed by atoms with Gasteiger partial charge in [0.05, 0.1) is 41.1 Å². The number of nitrogens with zero attached hydrogens (tertiary/aromatic N) is 7. The number of imide groups is 1. The summed E-state index contributed by atoms with van der Waals surface area (Å²) in [6, 6.07) is 12.0. The Kier molecular flexibility index (Phi) is 10.3. The van der Waals surface area contributed by atoms with E-state index in [0.29, 0.717) is 41.4 Å². The van der Waals surface area contributed by atoms with Gasteiger partial charge in [-0.25, -0.2) is 9.78 Å². The third-order valence-corrected chi connectivity index (χ3v) is 11.6. The second-order valence-corrected chi connectivity index (χ2v) is 15.1. The Morgan fingerprint density at radius 3 is 2.44 bits per heavy atom. The molecule has 2 N–H and O–H groups in total. The summed E-state index contributed by atoms with van der Waals surface area (Å²) >= 11 is 0. The Morgan fingerprint density at radius 2 is 1.74 bits per heavy atom. The number of methoxy groups -OCH3 is 1. The molecule has 57 heavy (non-hydrogen) atoms. The molecule has 5 aromatic rings. The highest BCUT2D eigenvalue weighted by Crippen LogP contribution is 2.37. The number of hydrogen-bond acceptors (Lipinski definition) is 9. The average Bonchev–Trinajstić information content (AvgIpc) is 3.75. The van der Waals surface area contributed by atoms with E-state index in [1.165, 1.54) is 13.2 Å². The third kappa shape index (κ3) is 7.47. The molecule has 2 aliphatic heterocycles. The molecule has 1 unspecified atom stereocenters. The summed E-state index contributed by atoms with van der Waals surface area (Å²) in [5, 5.41) is 10.6. The van der Waals surface area contributed by atoms with Crippen LogP contribution in [0.1, 0.15) is 73.7 Å².